The maximum absolute atomic E-state index is 11.7. The molecule has 2 amide bonds. The van der Waals surface area contributed by atoms with Crippen molar-refractivity contribution in [1.82, 2.24) is 5.32 Å². The first-order valence-electron chi connectivity index (χ1n) is 6.01. The lowest BCUT2D eigenvalue weighted by molar-refractivity contribution is -0.139. The Kier molecular flexibility index (Phi) is 7.10. The summed E-state index contributed by atoms with van der Waals surface area (Å²) >= 11 is 1.13. The second-order valence-corrected chi connectivity index (χ2v) is 5.00. The van der Waals surface area contributed by atoms with Gasteiger partial charge in [0, 0.05) is 11.4 Å². The van der Waals surface area contributed by atoms with Crippen molar-refractivity contribution in [1.29, 1.82) is 0 Å². The number of methoxy groups -OCH3 is 1. The third kappa shape index (κ3) is 6.17. The zero-order valence-electron chi connectivity index (χ0n) is 11.4. The number of amides is 2. The van der Waals surface area contributed by atoms with Gasteiger partial charge in [-0.25, -0.2) is 4.79 Å². The second-order valence-electron chi connectivity index (χ2n) is 3.97. The van der Waals surface area contributed by atoms with Crippen LogP contribution in [-0.4, -0.2) is 48.1 Å². The predicted octanol–water partition coefficient (Wildman–Crippen LogP) is 0.566. The predicted molar refractivity (Wildman–Crippen MR) is 79.6 cm³/mol. The number of ether oxygens (including phenoxy) is 1. The molecular formula is C13H16N2O5S. The number of carbonyl (C=O) groups is 3. The molecular weight excluding hydrogens is 296 g/mol. The Morgan fingerprint density at radius 3 is 2.57 bits per heavy atom. The van der Waals surface area contributed by atoms with Crippen LogP contribution < -0.4 is 15.4 Å². The number of anilines is 1. The number of nitrogens with one attached hydrogen (secondary N) is 2. The van der Waals surface area contributed by atoms with Gasteiger partial charge in [-0.15, -0.1) is 11.8 Å². The van der Waals surface area contributed by atoms with Crippen molar-refractivity contribution in [3.63, 3.8) is 0 Å². The minimum atomic E-state index is -1.13. The van der Waals surface area contributed by atoms with Crippen LogP contribution in [0.2, 0.25) is 0 Å². The average Bonchev–Trinajstić information content (AvgIpc) is 2.47. The quantitative estimate of drug-likeness (QED) is 0.576. The molecule has 0 aliphatic carbocycles. The molecule has 1 unspecified atom stereocenters. The molecule has 1 aromatic carbocycles. The molecule has 7 nitrogen and oxygen atoms in total. The van der Waals surface area contributed by atoms with Crippen LogP contribution in [0.1, 0.15) is 0 Å². The van der Waals surface area contributed by atoms with Gasteiger partial charge in [-0.05, 0) is 24.3 Å². The van der Waals surface area contributed by atoms with Gasteiger partial charge in [0.2, 0.25) is 12.3 Å². The van der Waals surface area contributed by atoms with Crippen LogP contribution in [0.15, 0.2) is 24.3 Å². The van der Waals surface area contributed by atoms with Gasteiger partial charge in [0.1, 0.15) is 11.8 Å². The Morgan fingerprint density at radius 1 is 1.38 bits per heavy atom. The van der Waals surface area contributed by atoms with Crippen molar-refractivity contribution in [2.45, 2.75) is 6.04 Å². The van der Waals surface area contributed by atoms with E-state index in [2.05, 4.69) is 10.6 Å². The topological polar surface area (TPSA) is 105 Å². The van der Waals surface area contributed by atoms with E-state index in [9.17, 15) is 14.4 Å². The number of hydrogen-bond donors (Lipinski definition) is 3. The summed E-state index contributed by atoms with van der Waals surface area (Å²) in [5.74, 6) is -0.488. The zero-order chi connectivity index (χ0) is 15.7. The van der Waals surface area contributed by atoms with Gasteiger partial charge >= 0.3 is 5.97 Å². The molecule has 0 heterocycles. The minimum absolute atomic E-state index is 0.0936. The summed E-state index contributed by atoms with van der Waals surface area (Å²) < 4.78 is 5.00. The van der Waals surface area contributed by atoms with Gasteiger partial charge < -0.3 is 20.5 Å². The van der Waals surface area contributed by atoms with Crippen LogP contribution in [0.3, 0.4) is 0 Å². The summed E-state index contributed by atoms with van der Waals surface area (Å²) in [6.45, 7) is 0. The minimum Gasteiger partial charge on any atom is -0.497 e. The number of thioether (sulfide) groups is 1. The van der Waals surface area contributed by atoms with Gasteiger partial charge in [0.15, 0.2) is 0 Å². The molecule has 0 spiro atoms. The molecule has 0 radical (unpaired) electrons. The monoisotopic (exact) mass is 312 g/mol. The van der Waals surface area contributed by atoms with Crippen molar-refractivity contribution in [2.75, 3.05) is 23.9 Å². The van der Waals surface area contributed by atoms with E-state index >= 15 is 0 Å². The average molecular weight is 312 g/mol. The summed E-state index contributed by atoms with van der Waals surface area (Å²) in [4.78, 5) is 32.7. The molecule has 1 aromatic rings. The maximum atomic E-state index is 11.7. The Bertz CT molecular complexity index is 492. The molecule has 0 bridgehead atoms. The van der Waals surface area contributed by atoms with E-state index in [1.807, 2.05) is 0 Å². The highest BCUT2D eigenvalue weighted by atomic mass is 32.2. The molecule has 0 aliphatic heterocycles. The van der Waals surface area contributed by atoms with E-state index in [1.165, 1.54) is 0 Å². The van der Waals surface area contributed by atoms with E-state index in [4.69, 9.17) is 9.84 Å². The van der Waals surface area contributed by atoms with E-state index in [1.54, 1.807) is 31.4 Å². The lowest BCUT2D eigenvalue weighted by atomic mass is 10.3. The smallest absolute Gasteiger partial charge is 0.327 e. The van der Waals surface area contributed by atoms with Crippen LogP contribution in [0.5, 0.6) is 5.75 Å². The number of carboxylic acids is 1. The number of rotatable bonds is 9. The second kappa shape index (κ2) is 8.85. The van der Waals surface area contributed by atoms with Crippen LogP contribution in [0.25, 0.3) is 0 Å². The Hall–Kier alpha value is -2.22. The van der Waals surface area contributed by atoms with E-state index in [0.29, 0.717) is 17.8 Å². The summed E-state index contributed by atoms with van der Waals surface area (Å²) in [7, 11) is 1.55. The molecule has 0 aromatic heterocycles. The molecule has 0 fully saturated rings. The lowest BCUT2D eigenvalue weighted by Gasteiger charge is -2.10. The Balaban J connectivity index is 2.36. The number of carbonyl (C=O) groups excluding carboxylic acids is 2. The van der Waals surface area contributed by atoms with E-state index in [-0.39, 0.29) is 17.4 Å². The standard InChI is InChI=1S/C13H16N2O5S/c1-20-10-4-2-9(3-5-10)15-12(17)7-21-6-11(13(18)19)14-8-16/h2-5,8,11H,6-7H2,1H3,(H,14,16)(H,15,17)(H,18,19). The third-order valence-electron chi connectivity index (χ3n) is 2.46. The Morgan fingerprint density at radius 2 is 2.05 bits per heavy atom. The van der Waals surface area contributed by atoms with Crippen molar-refractivity contribution in [3.8, 4) is 5.75 Å². The molecule has 0 aliphatic rings. The summed E-state index contributed by atoms with van der Waals surface area (Å²) in [6.07, 6.45) is 0.330. The first-order valence-corrected chi connectivity index (χ1v) is 7.16. The number of benzene rings is 1. The van der Waals surface area contributed by atoms with Crippen LogP contribution in [-0.2, 0) is 14.4 Å². The third-order valence-corrected chi connectivity index (χ3v) is 3.49. The molecule has 3 N–H and O–H groups in total. The van der Waals surface area contributed by atoms with Crippen molar-refractivity contribution >= 4 is 35.7 Å². The van der Waals surface area contributed by atoms with E-state index in [0.717, 1.165) is 11.8 Å². The normalized spacial score (nSPS) is 11.3. The van der Waals surface area contributed by atoms with Crippen molar-refractivity contribution in [2.24, 2.45) is 0 Å². The molecule has 114 valence electrons. The highest BCUT2D eigenvalue weighted by Gasteiger charge is 2.16. The largest absolute Gasteiger partial charge is 0.497 e. The summed E-state index contributed by atoms with van der Waals surface area (Å²) in [6, 6.07) is 5.85. The fourth-order valence-corrected chi connectivity index (χ4v) is 2.26. The van der Waals surface area contributed by atoms with Crippen LogP contribution >= 0.6 is 11.8 Å². The van der Waals surface area contributed by atoms with Gasteiger partial charge in [-0.1, -0.05) is 0 Å². The van der Waals surface area contributed by atoms with Crippen molar-refractivity contribution in [3.05, 3.63) is 24.3 Å². The molecule has 1 atom stereocenters. The first kappa shape index (κ1) is 16.8. The van der Waals surface area contributed by atoms with E-state index < -0.39 is 12.0 Å². The fourth-order valence-electron chi connectivity index (χ4n) is 1.41. The lowest BCUT2D eigenvalue weighted by Crippen LogP contribution is -2.38. The van der Waals surface area contributed by atoms with Gasteiger partial charge in [-0.3, -0.25) is 9.59 Å². The fraction of sp³-hybridized carbons (Fsp3) is 0.308. The highest BCUT2D eigenvalue weighted by Crippen LogP contribution is 2.15. The summed E-state index contributed by atoms with van der Waals surface area (Å²) in [5, 5.41) is 13.7. The van der Waals surface area contributed by atoms with Crippen LogP contribution in [0.4, 0.5) is 5.69 Å². The Labute approximate surface area is 126 Å². The number of carboxylic acid groups (broad SMARTS) is 1. The van der Waals surface area contributed by atoms with Gasteiger partial charge in [-0.2, -0.15) is 0 Å². The molecule has 8 heteroatoms. The van der Waals surface area contributed by atoms with Crippen LogP contribution in [0, 0.1) is 0 Å². The first-order chi connectivity index (χ1) is 10.1. The molecule has 0 saturated heterocycles. The van der Waals surface area contributed by atoms with Crippen molar-refractivity contribution < 1.29 is 24.2 Å². The number of hydrogen-bond acceptors (Lipinski definition) is 5. The maximum Gasteiger partial charge on any atom is 0.327 e. The molecule has 0 saturated carbocycles. The molecule has 1 rings (SSSR count). The molecule has 21 heavy (non-hydrogen) atoms. The van der Waals surface area contributed by atoms with Gasteiger partial charge in [0.25, 0.3) is 0 Å². The highest BCUT2D eigenvalue weighted by molar-refractivity contribution is 8.00. The number of aliphatic carboxylic acids is 1. The summed E-state index contributed by atoms with van der Waals surface area (Å²) in [5.41, 5.74) is 0.627. The SMILES string of the molecule is COc1ccc(NC(=O)CSCC(NC=O)C(=O)O)cc1. The van der Waals surface area contributed by atoms with Gasteiger partial charge in [0.05, 0.1) is 12.9 Å². The zero-order valence-corrected chi connectivity index (χ0v) is 12.2.